The maximum Gasteiger partial charge on any atom is 0.260 e. The zero-order valence-corrected chi connectivity index (χ0v) is 14.2. The molecule has 0 unspecified atom stereocenters. The molecule has 0 saturated carbocycles. The molecule has 2 amide bonds. The fraction of sp³-hybridized carbons (Fsp3) is 0.444. The van der Waals surface area contributed by atoms with Gasteiger partial charge in [0.25, 0.3) is 5.91 Å². The van der Waals surface area contributed by atoms with Gasteiger partial charge in [-0.1, -0.05) is 23.8 Å². The number of benzene rings is 1. The summed E-state index contributed by atoms with van der Waals surface area (Å²) >= 11 is 6.02. The average molecular weight is 349 g/mol. The summed E-state index contributed by atoms with van der Waals surface area (Å²) in [6.07, 6.45) is 6.82. The first-order chi connectivity index (χ1) is 11.6. The number of ether oxygens (including phenoxy) is 1. The summed E-state index contributed by atoms with van der Waals surface area (Å²) in [4.78, 5) is 26.0. The number of allylic oxidation sites excluding steroid dienone is 2. The fourth-order valence-electron chi connectivity index (χ4n) is 3.03. The van der Waals surface area contributed by atoms with Crippen LogP contribution in [0.25, 0.3) is 0 Å². The lowest BCUT2D eigenvalue weighted by Crippen LogP contribution is -2.40. The van der Waals surface area contributed by atoms with E-state index in [0.29, 0.717) is 30.4 Å². The molecule has 1 aliphatic heterocycles. The van der Waals surface area contributed by atoms with Crippen LogP contribution in [0.3, 0.4) is 0 Å². The molecule has 0 fully saturated rings. The largest absolute Gasteiger partial charge is 0.483 e. The molecule has 1 aromatic carbocycles. The van der Waals surface area contributed by atoms with E-state index in [2.05, 4.69) is 17.5 Å². The van der Waals surface area contributed by atoms with Gasteiger partial charge in [-0.2, -0.15) is 0 Å². The maximum atomic E-state index is 12.2. The molecule has 1 N–H and O–H groups in total. The second-order valence-electron chi connectivity index (χ2n) is 6.13. The quantitative estimate of drug-likeness (QED) is 0.851. The van der Waals surface area contributed by atoms with Crippen molar-refractivity contribution in [1.29, 1.82) is 0 Å². The van der Waals surface area contributed by atoms with Crippen LogP contribution in [0.15, 0.2) is 30.4 Å². The highest BCUT2D eigenvalue weighted by Crippen LogP contribution is 2.26. The third kappa shape index (κ3) is 4.09. The lowest BCUT2D eigenvalue weighted by atomic mass is 9.94. The van der Waals surface area contributed by atoms with Crippen molar-refractivity contribution in [2.45, 2.75) is 25.8 Å². The van der Waals surface area contributed by atoms with Gasteiger partial charge in [0.15, 0.2) is 6.61 Å². The predicted molar refractivity (Wildman–Crippen MR) is 91.9 cm³/mol. The number of halogens is 1. The van der Waals surface area contributed by atoms with E-state index in [1.807, 2.05) is 6.07 Å². The summed E-state index contributed by atoms with van der Waals surface area (Å²) in [5.74, 6) is 0.726. The van der Waals surface area contributed by atoms with Gasteiger partial charge >= 0.3 is 0 Å². The molecule has 3 rings (SSSR count). The lowest BCUT2D eigenvalue weighted by Gasteiger charge is -2.22. The smallest absolute Gasteiger partial charge is 0.260 e. The normalized spacial score (nSPS) is 20.1. The van der Waals surface area contributed by atoms with E-state index in [0.717, 1.165) is 24.8 Å². The molecule has 0 saturated heterocycles. The number of nitrogens with one attached hydrogen (secondary N) is 1. The van der Waals surface area contributed by atoms with E-state index in [1.54, 1.807) is 17.0 Å². The van der Waals surface area contributed by atoms with Crippen LogP contribution in [0.2, 0.25) is 5.02 Å². The zero-order valence-electron chi connectivity index (χ0n) is 13.5. The first kappa shape index (κ1) is 16.8. The van der Waals surface area contributed by atoms with E-state index in [4.69, 9.17) is 16.3 Å². The Bertz CT molecular complexity index is 660. The molecule has 2 aliphatic rings. The van der Waals surface area contributed by atoms with Gasteiger partial charge < -0.3 is 15.0 Å². The minimum absolute atomic E-state index is 0.00992. The number of carbonyl (C=O) groups excluding carboxylic acids is 2. The Balaban J connectivity index is 1.55. The van der Waals surface area contributed by atoms with Gasteiger partial charge in [-0.25, -0.2) is 0 Å². The molecule has 1 heterocycles. The van der Waals surface area contributed by atoms with Crippen molar-refractivity contribution in [3.8, 4) is 5.75 Å². The van der Waals surface area contributed by atoms with Gasteiger partial charge in [-0.05, 0) is 37.5 Å². The van der Waals surface area contributed by atoms with Gasteiger partial charge in [0.1, 0.15) is 5.75 Å². The topological polar surface area (TPSA) is 58.6 Å². The molecular formula is C18H21ClN2O3. The Morgan fingerprint density at radius 1 is 1.38 bits per heavy atom. The van der Waals surface area contributed by atoms with Gasteiger partial charge in [-0.3, -0.25) is 9.59 Å². The van der Waals surface area contributed by atoms with Crippen LogP contribution >= 0.6 is 11.6 Å². The van der Waals surface area contributed by atoms with Crippen LogP contribution < -0.4 is 10.1 Å². The summed E-state index contributed by atoms with van der Waals surface area (Å²) in [5, 5.41) is 3.56. The van der Waals surface area contributed by atoms with Crippen LogP contribution in [0.4, 0.5) is 0 Å². The minimum Gasteiger partial charge on any atom is -0.483 e. The number of fused-ring (bicyclic) bond motifs is 1. The van der Waals surface area contributed by atoms with Crippen molar-refractivity contribution in [1.82, 2.24) is 10.2 Å². The van der Waals surface area contributed by atoms with Crippen LogP contribution in [-0.2, 0) is 16.1 Å². The molecule has 24 heavy (non-hydrogen) atoms. The highest BCUT2D eigenvalue weighted by molar-refractivity contribution is 6.30. The summed E-state index contributed by atoms with van der Waals surface area (Å²) in [7, 11) is 0. The molecule has 128 valence electrons. The van der Waals surface area contributed by atoms with Crippen molar-refractivity contribution in [3.63, 3.8) is 0 Å². The molecular weight excluding hydrogens is 328 g/mol. The van der Waals surface area contributed by atoms with Crippen molar-refractivity contribution >= 4 is 23.4 Å². The van der Waals surface area contributed by atoms with Crippen LogP contribution in [0.5, 0.6) is 5.75 Å². The van der Waals surface area contributed by atoms with Gasteiger partial charge in [0.05, 0.1) is 0 Å². The molecule has 0 bridgehead atoms. The third-order valence-electron chi connectivity index (χ3n) is 4.41. The number of carbonyl (C=O) groups is 2. The molecule has 5 nitrogen and oxygen atoms in total. The van der Waals surface area contributed by atoms with Gasteiger partial charge in [0, 0.05) is 36.1 Å². The number of amides is 2. The second-order valence-corrected chi connectivity index (χ2v) is 6.56. The Labute approximate surface area is 146 Å². The number of rotatable bonds is 4. The molecule has 1 atom stereocenters. The average Bonchev–Trinajstić information content (AvgIpc) is 2.75. The van der Waals surface area contributed by atoms with E-state index >= 15 is 0 Å². The monoisotopic (exact) mass is 348 g/mol. The van der Waals surface area contributed by atoms with E-state index < -0.39 is 0 Å². The minimum atomic E-state index is -0.0860. The van der Waals surface area contributed by atoms with Crippen LogP contribution in [0.1, 0.15) is 24.8 Å². The standard InChI is InChI=1S/C18H21ClN2O3/c19-15-6-7-16-14(10-15)11-21(17(22)12-24-16)9-8-20-18(23)13-4-2-1-3-5-13/h1-2,6-7,10,13H,3-5,8-9,11-12H2,(H,20,23)/t13-/m1/s1. The molecule has 6 heteroatoms. The van der Waals surface area contributed by atoms with Crippen molar-refractivity contribution in [3.05, 3.63) is 40.9 Å². The Morgan fingerprint density at radius 3 is 3.04 bits per heavy atom. The predicted octanol–water partition coefficient (Wildman–Crippen LogP) is 2.53. The second kappa shape index (κ2) is 7.71. The van der Waals surface area contributed by atoms with Gasteiger partial charge in [0.2, 0.25) is 5.91 Å². The summed E-state index contributed by atoms with van der Waals surface area (Å²) in [6.45, 7) is 1.36. The first-order valence-corrected chi connectivity index (χ1v) is 8.63. The first-order valence-electron chi connectivity index (χ1n) is 8.25. The van der Waals surface area contributed by atoms with Crippen molar-refractivity contribution in [2.75, 3.05) is 19.7 Å². The molecule has 0 spiro atoms. The van der Waals surface area contributed by atoms with Gasteiger partial charge in [-0.15, -0.1) is 0 Å². The fourth-order valence-corrected chi connectivity index (χ4v) is 3.23. The maximum absolute atomic E-state index is 12.2. The Morgan fingerprint density at radius 2 is 2.25 bits per heavy atom. The lowest BCUT2D eigenvalue weighted by molar-refractivity contribution is -0.133. The summed E-state index contributed by atoms with van der Waals surface area (Å²) in [5.41, 5.74) is 0.886. The molecule has 1 aromatic rings. The zero-order chi connectivity index (χ0) is 16.9. The van der Waals surface area contributed by atoms with Crippen LogP contribution in [-0.4, -0.2) is 36.4 Å². The third-order valence-corrected chi connectivity index (χ3v) is 4.64. The molecule has 0 aromatic heterocycles. The van der Waals surface area contributed by atoms with Crippen molar-refractivity contribution < 1.29 is 14.3 Å². The summed E-state index contributed by atoms with van der Waals surface area (Å²) in [6, 6.07) is 5.35. The van der Waals surface area contributed by atoms with Crippen molar-refractivity contribution in [2.24, 2.45) is 5.92 Å². The SMILES string of the molecule is O=C(NCCN1Cc2cc(Cl)ccc2OCC1=O)[C@@H]1CC=CCC1. The van der Waals surface area contributed by atoms with E-state index in [1.165, 1.54) is 0 Å². The number of hydrogen-bond acceptors (Lipinski definition) is 3. The highest BCUT2D eigenvalue weighted by atomic mass is 35.5. The number of hydrogen-bond donors (Lipinski definition) is 1. The Hall–Kier alpha value is -2.01. The highest BCUT2D eigenvalue weighted by Gasteiger charge is 2.22. The Kier molecular flexibility index (Phi) is 5.41. The molecule has 0 radical (unpaired) electrons. The van der Waals surface area contributed by atoms with Crippen LogP contribution in [0, 0.1) is 5.92 Å². The van der Waals surface area contributed by atoms with E-state index in [9.17, 15) is 9.59 Å². The summed E-state index contributed by atoms with van der Waals surface area (Å²) < 4.78 is 5.52. The number of nitrogens with zero attached hydrogens (tertiary/aromatic N) is 1. The molecule has 1 aliphatic carbocycles. The van der Waals surface area contributed by atoms with E-state index in [-0.39, 0.29) is 24.3 Å².